The van der Waals surface area contributed by atoms with Gasteiger partial charge in [-0.1, -0.05) is 30.3 Å². The Morgan fingerprint density at radius 2 is 2.31 bits per heavy atom. The predicted molar refractivity (Wildman–Crippen MR) is 49.3 cm³/mol. The van der Waals surface area contributed by atoms with E-state index in [0.29, 0.717) is 0 Å². The first kappa shape index (κ1) is 4.91. The molecular weight excluding hydrogens is 164 g/mol. The molecule has 0 aromatic heterocycles. The summed E-state index contributed by atoms with van der Waals surface area (Å²) >= 11 is 0. The molecule has 1 aliphatic carbocycles. The molecule has 0 amide bonds. The summed E-state index contributed by atoms with van der Waals surface area (Å²) in [6, 6.07) is 8.98. The van der Waals surface area contributed by atoms with Crippen molar-refractivity contribution in [1.82, 2.24) is 0 Å². The van der Waals surface area contributed by atoms with Gasteiger partial charge in [-0.25, -0.2) is 0 Å². The van der Waals surface area contributed by atoms with Gasteiger partial charge in [-0.15, -0.1) is 0 Å². The lowest BCUT2D eigenvalue weighted by molar-refractivity contribution is -0.135. The second kappa shape index (κ2) is 3.71. The summed E-state index contributed by atoms with van der Waals surface area (Å²) < 4.78 is 35.1. The number of hydrogen-bond acceptors (Lipinski definition) is 2. The van der Waals surface area contributed by atoms with Crippen molar-refractivity contribution in [2.24, 2.45) is 0 Å². The zero-order valence-corrected chi connectivity index (χ0v) is 6.99. The number of benzene rings is 1. The average molecular weight is 180 g/mol. The number of carbonyl (C=O) groups excluding carboxylic acids is 1. The third-order valence-corrected chi connectivity index (χ3v) is 1.75. The van der Waals surface area contributed by atoms with E-state index in [1.54, 1.807) is 24.3 Å². The van der Waals surface area contributed by atoms with Crippen LogP contribution in [-0.4, -0.2) is 11.9 Å². The number of carbonyl (C=O) groups is 1. The van der Waals surface area contributed by atoms with Gasteiger partial charge >= 0.3 is 0 Å². The van der Waals surface area contributed by atoms with Crippen molar-refractivity contribution in [2.75, 3.05) is 0 Å². The molecule has 0 N–H and O–H groups in total. The standard InChI is InChI=1S/C11H12O2/c12-10-6-11(7-10)13-8-9-4-2-1-3-5-9/h1-5,11H,6-8H2/i6D,7D2,11D. The smallest absolute Gasteiger partial charge is 0.138 e. The van der Waals surface area contributed by atoms with E-state index >= 15 is 0 Å². The molecule has 13 heavy (non-hydrogen) atoms. The van der Waals surface area contributed by atoms with Crippen LogP contribution in [0.1, 0.15) is 23.8 Å². The lowest BCUT2D eigenvalue weighted by atomic mass is 9.94. The van der Waals surface area contributed by atoms with Gasteiger partial charge in [0, 0.05) is 16.9 Å². The van der Waals surface area contributed by atoms with Gasteiger partial charge in [-0.05, 0) is 5.56 Å². The van der Waals surface area contributed by atoms with Gasteiger partial charge in [0.1, 0.15) is 5.78 Å². The average Bonchev–Trinajstić information content (AvgIpc) is 2.35. The highest BCUT2D eigenvalue weighted by Gasteiger charge is 2.26. The van der Waals surface area contributed by atoms with Gasteiger partial charge in [0.2, 0.25) is 0 Å². The maximum atomic E-state index is 11.1. The van der Waals surface area contributed by atoms with Gasteiger partial charge < -0.3 is 4.74 Å². The molecule has 1 aliphatic rings. The van der Waals surface area contributed by atoms with E-state index in [0.717, 1.165) is 5.56 Å². The lowest BCUT2D eigenvalue weighted by Gasteiger charge is -2.24. The highest BCUT2D eigenvalue weighted by molar-refractivity contribution is 5.85. The molecule has 0 heterocycles. The molecule has 2 unspecified atom stereocenters. The summed E-state index contributed by atoms with van der Waals surface area (Å²) in [6.45, 7) is 0.0203. The van der Waals surface area contributed by atoms with Crippen molar-refractivity contribution < 1.29 is 15.0 Å². The zero-order chi connectivity index (χ0) is 12.7. The molecule has 68 valence electrons. The first-order valence-corrected chi connectivity index (χ1v) is 4.04. The number of Topliss-reactive ketones (excluding diaryl/α,β-unsaturated/α-hetero) is 1. The Hall–Kier alpha value is -1.15. The van der Waals surface area contributed by atoms with Crippen molar-refractivity contribution in [3.8, 4) is 0 Å². The van der Waals surface area contributed by atoms with E-state index in [9.17, 15) is 4.79 Å². The van der Waals surface area contributed by atoms with Crippen molar-refractivity contribution >= 4 is 5.78 Å². The van der Waals surface area contributed by atoms with Crippen LogP contribution in [-0.2, 0) is 16.1 Å². The van der Waals surface area contributed by atoms with E-state index in [1.807, 2.05) is 6.07 Å². The minimum absolute atomic E-state index is 0.0203. The maximum absolute atomic E-state index is 11.1. The topological polar surface area (TPSA) is 26.3 Å². The lowest BCUT2D eigenvalue weighted by Crippen LogP contribution is -2.31. The number of ether oxygens (including phenoxy) is 1. The van der Waals surface area contributed by atoms with E-state index < -0.39 is 24.6 Å². The number of rotatable bonds is 3. The molecule has 2 nitrogen and oxygen atoms in total. The van der Waals surface area contributed by atoms with E-state index in [-0.39, 0.29) is 6.61 Å². The van der Waals surface area contributed by atoms with Gasteiger partial charge in [0.15, 0.2) is 0 Å². The van der Waals surface area contributed by atoms with E-state index in [2.05, 4.69) is 0 Å². The van der Waals surface area contributed by atoms with Crippen molar-refractivity contribution in [2.45, 2.75) is 25.5 Å². The van der Waals surface area contributed by atoms with Crippen LogP contribution in [0.5, 0.6) is 0 Å². The molecule has 0 saturated heterocycles. The van der Waals surface area contributed by atoms with Gasteiger partial charge in [-0.3, -0.25) is 4.79 Å². The largest absolute Gasteiger partial charge is 0.373 e. The van der Waals surface area contributed by atoms with Gasteiger partial charge in [-0.2, -0.15) is 0 Å². The summed E-state index contributed by atoms with van der Waals surface area (Å²) in [5.41, 5.74) is 0.779. The third-order valence-electron chi connectivity index (χ3n) is 1.75. The Morgan fingerprint density at radius 3 is 3.00 bits per heavy atom. The molecule has 2 rings (SSSR count). The second-order valence-corrected chi connectivity index (χ2v) is 2.77. The van der Waals surface area contributed by atoms with Crippen molar-refractivity contribution in [3.05, 3.63) is 35.9 Å². The summed E-state index contributed by atoms with van der Waals surface area (Å²) in [5, 5.41) is 0. The van der Waals surface area contributed by atoms with Crippen LogP contribution >= 0.6 is 0 Å². The predicted octanol–water partition coefficient (Wildman–Crippen LogP) is 1.93. The normalized spacial score (nSPS) is 40.9. The molecule has 0 bridgehead atoms. The zero-order valence-electron chi connectivity index (χ0n) is 11.0. The third kappa shape index (κ3) is 2.16. The van der Waals surface area contributed by atoms with Crippen molar-refractivity contribution in [1.29, 1.82) is 0 Å². The first-order valence-electron chi connectivity index (χ1n) is 6.12. The van der Waals surface area contributed by atoms with Crippen LogP contribution in [0.2, 0.25) is 0 Å². The Bertz CT molecular complexity index is 434. The number of ketones is 1. The van der Waals surface area contributed by atoms with Crippen LogP contribution in [0.4, 0.5) is 0 Å². The molecular formula is C11H12O2. The molecule has 1 aromatic rings. The quantitative estimate of drug-likeness (QED) is 0.710. The summed E-state index contributed by atoms with van der Waals surface area (Å²) in [5.74, 6) is -0.888. The Labute approximate surface area is 83.1 Å². The van der Waals surface area contributed by atoms with Crippen LogP contribution in [0, 0.1) is 0 Å². The summed E-state index contributed by atoms with van der Waals surface area (Å²) in [4.78, 5) is 11.1. The van der Waals surface area contributed by atoms with Gasteiger partial charge in [0.05, 0.1) is 14.1 Å². The first-order chi connectivity index (χ1) is 7.89. The van der Waals surface area contributed by atoms with Gasteiger partial charge in [0.25, 0.3) is 0 Å². The fourth-order valence-electron chi connectivity index (χ4n) is 1.05. The van der Waals surface area contributed by atoms with Crippen LogP contribution in [0.15, 0.2) is 30.3 Å². The summed E-state index contributed by atoms with van der Waals surface area (Å²) in [7, 11) is 0. The molecule has 0 radical (unpaired) electrons. The van der Waals surface area contributed by atoms with Crippen LogP contribution in [0.3, 0.4) is 0 Å². The molecule has 1 fully saturated rings. The Balaban J connectivity index is 2.07. The minimum atomic E-state index is -2.39. The molecule has 2 heteroatoms. The van der Waals surface area contributed by atoms with Crippen LogP contribution < -0.4 is 0 Å². The van der Waals surface area contributed by atoms with E-state index in [4.69, 9.17) is 10.2 Å². The van der Waals surface area contributed by atoms with E-state index in [1.165, 1.54) is 0 Å². The Kier molecular flexibility index (Phi) is 1.40. The highest BCUT2D eigenvalue weighted by atomic mass is 16.5. The monoisotopic (exact) mass is 180 g/mol. The highest BCUT2D eigenvalue weighted by Crippen LogP contribution is 2.19. The fourth-order valence-corrected chi connectivity index (χ4v) is 1.05. The fraction of sp³-hybridized carbons (Fsp3) is 0.364. The minimum Gasteiger partial charge on any atom is -0.373 e. The molecule has 1 saturated carbocycles. The number of hydrogen-bond donors (Lipinski definition) is 0. The maximum Gasteiger partial charge on any atom is 0.138 e. The molecule has 1 aromatic carbocycles. The van der Waals surface area contributed by atoms with Crippen LogP contribution in [0.25, 0.3) is 0 Å². The summed E-state index contributed by atoms with van der Waals surface area (Å²) in [6.07, 6.45) is -5.96. The SMILES string of the molecule is [2H]C1C(=O)C([2H])([2H])C1([2H])OCc1ccccc1. The Morgan fingerprint density at radius 1 is 1.54 bits per heavy atom. The molecule has 0 aliphatic heterocycles. The van der Waals surface area contributed by atoms with Crippen molar-refractivity contribution in [3.63, 3.8) is 0 Å². The molecule has 2 atom stereocenters. The second-order valence-electron chi connectivity index (χ2n) is 2.77. The molecule has 0 spiro atoms.